The zero-order chi connectivity index (χ0) is 12.8. The van der Waals surface area contributed by atoms with Crippen molar-refractivity contribution in [2.75, 3.05) is 4.90 Å². The summed E-state index contributed by atoms with van der Waals surface area (Å²) in [5.74, 6) is 0. The highest BCUT2D eigenvalue weighted by atomic mass is 16.6. The summed E-state index contributed by atoms with van der Waals surface area (Å²) in [5.41, 5.74) is 3.08. The summed E-state index contributed by atoms with van der Waals surface area (Å²) in [6.07, 6.45) is 7.04. The first-order chi connectivity index (χ1) is 9.38. The van der Waals surface area contributed by atoms with E-state index in [1.165, 1.54) is 32.1 Å². The molecule has 0 aliphatic carbocycles. The van der Waals surface area contributed by atoms with Crippen LogP contribution in [0.15, 0.2) is 16.8 Å². The molecule has 5 heteroatoms. The molecule has 2 atom stereocenters. The summed E-state index contributed by atoms with van der Waals surface area (Å²) in [5, 5.41) is 7.90. The Hall–Kier alpha value is -1.91. The first-order valence-electron chi connectivity index (χ1n) is 6.87. The van der Waals surface area contributed by atoms with Crippen LogP contribution in [0.1, 0.15) is 42.5 Å². The van der Waals surface area contributed by atoms with Crippen LogP contribution in [-0.2, 0) is 0 Å². The molecule has 19 heavy (non-hydrogen) atoms. The van der Waals surface area contributed by atoms with Crippen molar-refractivity contribution in [2.45, 2.75) is 44.2 Å². The van der Waals surface area contributed by atoms with Crippen LogP contribution < -0.4 is 4.90 Å². The molecule has 5 nitrogen and oxygen atoms in total. The predicted molar refractivity (Wildman–Crippen MR) is 70.3 cm³/mol. The van der Waals surface area contributed by atoms with Crippen molar-refractivity contribution in [1.29, 1.82) is 0 Å². The van der Waals surface area contributed by atoms with E-state index in [4.69, 9.17) is 4.63 Å². The molecule has 2 unspecified atom stereocenters. The van der Waals surface area contributed by atoms with Crippen LogP contribution >= 0.6 is 0 Å². The molecule has 2 aromatic rings. The molecular weight excluding hydrogens is 242 g/mol. The Morgan fingerprint density at radius 1 is 1.16 bits per heavy atom. The lowest BCUT2D eigenvalue weighted by Gasteiger charge is -2.37. The highest BCUT2D eigenvalue weighted by Gasteiger charge is 2.38. The molecule has 2 saturated heterocycles. The minimum Gasteiger partial charge on any atom is -0.363 e. The van der Waals surface area contributed by atoms with Gasteiger partial charge in [0.05, 0.1) is 5.69 Å². The number of piperidine rings is 1. The van der Waals surface area contributed by atoms with E-state index >= 15 is 0 Å². The smallest absolute Gasteiger partial charge is 0.159 e. The molecule has 2 aliphatic rings. The van der Waals surface area contributed by atoms with Gasteiger partial charge in [-0.05, 0) is 54.6 Å². The second-order valence-corrected chi connectivity index (χ2v) is 5.48. The van der Waals surface area contributed by atoms with Gasteiger partial charge in [-0.25, -0.2) is 4.63 Å². The molecule has 0 amide bonds. The van der Waals surface area contributed by atoms with Gasteiger partial charge in [-0.2, -0.15) is 0 Å². The molecule has 1 aromatic carbocycles. The van der Waals surface area contributed by atoms with E-state index < -0.39 is 0 Å². The van der Waals surface area contributed by atoms with E-state index in [1.807, 2.05) is 6.07 Å². The normalized spacial score (nSPS) is 26.0. The maximum atomic E-state index is 11.4. The van der Waals surface area contributed by atoms with E-state index in [-0.39, 0.29) is 0 Å². The zero-order valence-corrected chi connectivity index (χ0v) is 10.6. The summed E-state index contributed by atoms with van der Waals surface area (Å²) in [6, 6.07) is 4.70. The number of anilines is 1. The maximum Gasteiger partial charge on any atom is 0.159 e. The fourth-order valence-electron chi connectivity index (χ4n) is 3.70. The van der Waals surface area contributed by atoms with Crippen molar-refractivity contribution < 1.29 is 9.42 Å². The lowest BCUT2D eigenvalue weighted by molar-refractivity contribution is 0.112. The van der Waals surface area contributed by atoms with Crippen molar-refractivity contribution in [2.24, 2.45) is 0 Å². The Balaban J connectivity index is 1.93. The average molecular weight is 257 g/mol. The number of hydrogen-bond donors (Lipinski definition) is 0. The van der Waals surface area contributed by atoms with Gasteiger partial charge in [0.2, 0.25) is 0 Å². The molecule has 0 radical (unpaired) electrons. The largest absolute Gasteiger partial charge is 0.363 e. The van der Waals surface area contributed by atoms with Crippen molar-refractivity contribution in [3.63, 3.8) is 0 Å². The van der Waals surface area contributed by atoms with Crippen LogP contribution in [0.2, 0.25) is 0 Å². The fraction of sp³-hybridized carbons (Fsp3) is 0.500. The number of aldehydes is 1. The van der Waals surface area contributed by atoms with E-state index in [9.17, 15) is 4.79 Å². The molecule has 1 aromatic heterocycles. The number of aromatic nitrogens is 2. The van der Waals surface area contributed by atoms with Crippen LogP contribution in [0.3, 0.4) is 0 Å². The molecule has 0 saturated carbocycles. The third kappa shape index (κ3) is 1.50. The number of rotatable bonds is 2. The van der Waals surface area contributed by atoms with Crippen molar-refractivity contribution in [3.05, 3.63) is 17.7 Å². The van der Waals surface area contributed by atoms with Crippen molar-refractivity contribution in [1.82, 2.24) is 10.3 Å². The molecule has 2 bridgehead atoms. The maximum absolute atomic E-state index is 11.4. The topological polar surface area (TPSA) is 59.2 Å². The van der Waals surface area contributed by atoms with E-state index in [1.54, 1.807) is 6.07 Å². The Labute approximate surface area is 110 Å². The first kappa shape index (κ1) is 11.0. The second kappa shape index (κ2) is 4.05. The number of benzene rings is 1. The Kier molecular flexibility index (Phi) is 2.33. The quantitative estimate of drug-likeness (QED) is 0.774. The van der Waals surface area contributed by atoms with E-state index in [2.05, 4.69) is 15.2 Å². The molecule has 2 fully saturated rings. The highest BCUT2D eigenvalue weighted by Crippen LogP contribution is 2.42. The Morgan fingerprint density at radius 2 is 1.95 bits per heavy atom. The number of hydrogen-bond acceptors (Lipinski definition) is 5. The predicted octanol–water partition coefficient (Wildman–Crippen LogP) is 2.56. The molecule has 4 rings (SSSR count). The molecule has 0 N–H and O–H groups in total. The summed E-state index contributed by atoms with van der Waals surface area (Å²) in [4.78, 5) is 13.8. The minimum absolute atomic E-state index is 0.541. The molecule has 0 spiro atoms. The monoisotopic (exact) mass is 257 g/mol. The van der Waals surface area contributed by atoms with Crippen molar-refractivity contribution in [3.8, 4) is 0 Å². The summed E-state index contributed by atoms with van der Waals surface area (Å²) >= 11 is 0. The summed E-state index contributed by atoms with van der Waals surface area (Å²) in [7, 11) is 0. The van der Waals surface area contributed by atoms with Crippen LogP contribution in [-0.4, -0.2) is 28.7 Å². The van der Waals surface area contributed by atoms with E-state index in [0.717, 1.165) is 23.0 Å². The molecule has 98 valence electrons. The fourth-order valence-corrected chi connectivity index (χ4v) is 3.70. The summed E-state index contributed by atoms with van der Waals surface area (Å²) in [6.45, 7) is 0. The second-order valence-electron chi connectivity index (χ2n) is 5.48. The van der Waals surface area contributed by atoms with Crippen LogP contribution in [0.5, 0.6) is 0 Å². The van der Waals surface area contributed by atoms with Crippen molar-refractivity contribution >= 4 is 23.0 Å². The van der Waals surface area contributed by atoms with Gasteiger partial charge < -0.3 is 4.90 Å². The van der Waals surface area contributed by atoms with Gasteiger partial charge in [-0.3, -0.25) is 4.79 Å². The lowest BCUT2D eigenvalue weighted by Crippen LogP contribution is -2.40. The molecular formula is C14H15N3O2. The third-order valence-corrected chi connectivity index (χ3v) is 4.51. The standard InChI is InChI=1S/C14H15N3O2/c18-8-9-4-7-12-13(16-19-15-12)14(9)17-10-2-1-3-11(17)6-5-10/h4,7-8,10-11H,1-3,5-6H2. The zero-order valence-electron chi connectivity index (χ0n) is 10.6. The van der Waals surface area contributed by atoms with Crippen LogP contribution in [0.25, 0.3) is 11.0 Å². The summed E-state index contributed by atoms with van der Waals surface area (Å²) < 4.78 is 4.84. The molecule has 3 heterocycles. The highest BCUT2D eigenvalue weighted by molar-refractivity contribution is 5.99. The number of nitrogens with zero attached hydrogens (tertiary/aromatic N) is 3. The minimum atomic E-state index is 0.541. The third-order valence-electron chi connectivity index (χ3n) is 4.51. The van der Waals surface area contributed by atoms with E-state index in [0.29, 0.717) is 17.6 Å². The number of fused-ring (bicyclic) bond motifs is 3. The van der Waals surface area contributed by atoms with Gasteiger partial charge in [0, 0.05) is 17.6 Å². The first-order valence-corrected chi connectivity index (χ1v) is 6.87. The number of carbonyl (C=O) groups is 1. The van der Waals surface area contributed by atoms with Gasteiger partial charge in [-0.1, -0.05) is 0 Å². The Bertz CT molecular complexity index is 621. The van der Waals surface area contributed by atoms with Gasteiger partial charge in [0.1, 0.15) is 5.52 Å². The van der Waals surface area contributed by atoms with Crippen LogP contribution in [0.4, 0.5) is 5.69 Å². The lowest BCUT2D eigenvalue weighted by atomic mass is 10.00. The Morgan fingerprint density at radius 3 is 2.68 bits per heavy atom. The van der Waals surface area contributed by atoms with Crippen LogP contribution in [0, 0.1) is 0 Å². The van der Waals surface area contributed by atoms with Gasteiger partial charge in [0.25, 0.3) is 0 Å². The van der Waals surface area contributed by atoms with Gasteiger partial charge in [-0.15, -0.1) is 0 Å². The van der Waals surface area contributed by atoms with Gasteiger partial charge in [0.15, 0.2) is 11.8 Å². The number of carbonyl (C=O) groups excluding carboxylic acids is 1. The SMILES string of the molecule is O=Cc1ccc2nonc2c1N1C2CCCC1CC2. The van der Waals surface area contributed by atoms with Gasteiger partial charge >= 0.3 is 0 Å². The average Bonchev–Trinajstić information content (AvgIpc) is 3.00. The molecule has 2 aliphatic heterocycles.